The molecule has 0 fully saturated rings. The van der Waals surface area contributed by atoms with Gasteiger partial charge in [-0.1, -0.05) is 20.9 Å². The summed E-state index contributed by atoms with van der Waals surface area (Å²) < 4.78 is 8.66. The minimum Gasteiger partial charge on any atom is -0.486 e. The molecule has 0 aliphatic carbocycles. The Labute approximate surface area is 112 Å². The number of rotatable bonds is 3. The average molecular weight is 305 g/mol. The van der Waals surface area contributed by atoms with Crippen molar-refractivity contribution in [2.45, 2.75) is 6.61 Å². The van der Waals surface area contributed by atoms with Crippen LogP contribution in [-0.4, -0.2) is 9.97 Å². The number of ether oxygens (including phenoxy) is 1. The molecule has 0 atom stereocenters. The van der Waals surface area contributed by atoms with Gasteiger partial charge in [-0.3, -0.25) is 0 Å². The van der Waals surface area contributed by atoms with E-state index in [2.05, 4.69) is 25.9 Å². The highest BCUT2D eigenvalue weighted by atomic mass is 79.9. The molecule has 1 aromatic carbocycles. The van der Waals surface area contributed by atoms with E-state index in [1.54, 1.807) is 6.20 Å². The molecule has 90 valence electrons. The van der Waals surface area contributed by atoms with Gasteiger partial charge in [-0.2, -0.15) is 0 Å². The van der Waals surface area contributed by atoms with Gasteiger partial charge in [0, 0.05) is 10.5 Å². The van der Waals surface area contributed by atoms with Crippen LogP contribution in [0, 0.1) is 0 Å². The quantitative estimate of drug-likeness (QED) is 0.755. The highest BCUT2D eigenvalue weighted by Crippen LogP contribution is 2.16. The van der Waals surface area contributed by atoms with E-state index in [-0.39, 0.29) is 0 Å². The molecule has 0 radical (unpaired) electrons. The first-order valence-electron chi connectivity index (χ1n) is 5.53. The van der Waals surface area contributed by atoms with Crippen molar-refractivity contribution in [2.75, 3.05) is 0 Å². The number of aromatic amines is 1. The number of hydrogen-bond donors (Lipinski definition) is 1. The zero-order valence-corrected chi connectivity index (χ0v) is 11.1. The number of H-pyrrole nitrogens is 1. The summed E-state index contributed by atoms with van der Waals surface area (Å²) in [5.74, 6) is 1.65. The van der Waals surface area contributed by atoms with E-state index in [1.807, 2.05) is 47.1 Å². The van der Waals surface area contributed by atoms with Gasteiger partial charge in [0.1, 0.15) is 30.4 Å². The van der Waals surface area contributed by atoms with Crippen LogP contribution in [0.2, 0.25) is 0 Å². The highest BCUT2D eigenvalue weighted by Gasteiger charge is 2.08. The lowest BCUT2D eigenvalue weighted by atomic mass is 10.3. The Morgan fingerprint density at radius 2 is 2.11 bits per heavy atom. The molecule has 0 saturated heterocycles. The normalized spacial score (nSPS) is 10.7. The van der Waals surface area contributed by atoms with Crippen molar-refractivity contribution in [3.8, 4) is 5.75 Å². The molecule has 3 aromatic rings. The molecule has 2 aromatic heterocycles. The molecule has 3 rings (SSSR count). The molecule has 0 aliphatic rings. The highest BCUT2D eigenvalue weighted by molar-refractivity contribution is 9.10. The van der Waals surface area contributed by atoms with Crippen molar-refractivity contribution in [2.24, 2.45) is 0 Å². The molecule has 0 unspecified atom stereocenters. The Hall–Kier alpha value is -1.88. The first-order valence-corrected chi connectivity index (χ1v) is 6.33. The van der Waals surface area contributed by atoms with E-state index < -0.39 is 0 Å². The molecule has 0 saturated carbocycles. The molecule has 4 nitrogen and oxygen atoms in total. The maximum atomic E-state index is 5.68. The second-order valence-corrected chi connectivity index (χ2v) is 4.79. The predicted octanol–water partition coefficient (Wildman–Crippen LogP) is 2.49. The molecular formula is C13H11BrN3O+. The predicted molar refractivity (Wildman–Crippen MR) is 70.2 cm³/mol. The Morgan fingerprint density at radius 1 is 1.28 bits per heavy atom. The van der Waals surface area contributed by atoms with Crippen molar-refractivity contribution in [3.05, 3.63) is 59.1 Å². The van der Waals surface area contributed by atoms with E-state index in [1.165, 1.54) is 0 Å². The van der Waals surface area contributed by atoms with Gasteiger partial charge in [0.2, 0.25) is 0 Å². The number of nitrogens with one attached hydrogen (secondary N) is 1. The zero-order chi connectivity index (χ0) is 12.4. The summed E-state index contributed by atoms with van der Waals surface area (Å²) in [6, 6.07) is 9.66. The number of fused-ring (bicyclic) bond motifs is 1. The Balaban J connectivity index is 1.74. The number of aromatic nitrogens is 3. The Kier molecular flexibility index (Phi) is 2.98. The van der Waals surface area contributed by atoms with Crippen LogP contribution in [0.3, 0.4) is 0 Å². The van der Waals surface area contributed by atoms with Crippen molar-refractivity contribution >= 4 is 21.7 Å². The van der Waals surface area contributed by atoms with E-state index in [0.717, 1.165) is 21.7 Å². The lowest BCUT2D eigenvalue weighted by Crippen LogP contribution is -2.17. The summed E-state index contributed by atoms with van der Waals surface area (Å²) in [4.78, 5) is 7.41. The molecule has 0 bridgehead atoms. The van der Waals surface area contributed by atoms with E-state index in [9.17, 15) is 0 Å². The molecule has 5 heteroatoms. The second-order valence-electron chi connectivity index (χ2n) is 3.87. The van der Waals surface area contributed by atoms with Crippen LogP contribution >= 0.6 is 15.9 Å². The SMILES string of the molecule is Brc1ccc(OCc2c[n+]3cccnc3[nH]2)cc1. The van der Waals surface area contributed by atoms with E-state index in [0.29, 0.717) is 6.61 Å². The standard InChI is InChI=1S/C13H10BrN3O/c14-10-2-4-12(5-3-10)18-9-11-8-17-7-1-6-15-13(17)16-11/h1-8H,9H2/p+1. The summed E-state index contributed by atoms with van der Waals surface area (Å²) in [6.07, 6.45) is 5.67. The van der Waals surface area contributed by atoms with Crippen molar-refractivity contribution in [3.63, 3.8) is 0 Å². The molecular weight excluding hydrogens is 294 g/mol. The first-order chi connectivity index (χ1) is 8.81. The van der Waals surface area contributed by atoms with E-state index in [4.69, 9.17) is 4.74 Å². The zero-order valence-electron chi connectivity index (χ0n) is 9.51. The fraction of sp³-hybridized carbons (Fsp3) is 0.0769. The van der Waals surface area contributed by atoms with Crippen LogP contribution in [0.15, 0.2) is 53.4 Å². The summed E-state index contributed by atoms with van der Waals surface area (Å²) in [5.41, 5.74) is 0.983. The van der Waals surface area contributed by atoms with E-state index >= 15 is 0 Å². The Morgan fingerprint density at radius 3 is 2.89 bits per heavy atom. The topological polar surface area (TPSA) is 42.0 Å². The van der Waals surface area contributed by atoms with Crippen LogP contribution in [0.4, 0.5) is 0 Å². The van der Waals surface area contributed by atoms with Gasteiger partial charge >= 0.3 is 5.78 Å². The van der Waals surface area contributed by atoms with Crippen molar-refractivity contribution in [1.29, 1.82) is 0 Å². The van der Waals surface area contributed by atoms with Crippen LogP contribution in [0.5, 0.6) is 5.75 Å². The number of imidazole rings is 1. The van der Waals surface area contributed by atoms with Gasteiger partial charge in [-0.05, 0) is 24.3 Å². The van der Waals surface area contributed by atoms with Gasteiger partial charge in [0.25, 0.3) is 0 Å². The van der Waals surface area contributed by atoms with Crippen molar-refractivity contribution in [1.82, 2.24) is 9.97 Å². The number of benzene rings is 1. The third-order valence-corrected chi connectivity index (χ3v) is 3.08. The maximum Gasteiger partial charge on any atom is 0.401 e. The molecule has 18 heavy (non-hydrogen) atoms. The molecule has 0 amide bonds. The molecule has 1 N–H and O–H groups in total. The van der Waals surface area contributed by atoms with Gasteiger partial charge in [0.15, 0.2) is 0 Å². The van der Waals surface area contributed by atoms with Crippen LogP contribution in [0.1, 0.15) is 5.69 Å². The fourth-order valence-corrected chi connectivity index (χ4v) is 1.96. The van der Waals surface area contributed by atoms with Crippen LogP contribution in [-0.2, 0) is 6.61 Å². The maximum absolute atomic E-state index is 5.68. The third-order valence-electron chi connectivity index (χ3n) is 2.55. The fourth-order valence-electron chi connectivity index (χ4n) is 1.69. The Bertz CT molecular complexity index is 630. The lowest BCUT2D eigenvalue weighted by Gasteiger charge is -2.02. The van der Waals surface area contributed by atoms with Crippen LogP contribution in [0.25, 0.3) is 5.78 Å². The minimum atomic E-state index is 0.491. The second kappa shape index (κ2) is 4.78. The molecule has 0 aliphatic heterocycles. The van der Waals surface area contributed by atoms with Gasteiger partial charge in [0.05, 0.1) is 6.20 Å². The number of halogens is 1. The minimum absolute atomic E-state index is 0.491. The van der Waals surface area contributed by atoms with Gasteiger partial charge < -0.3 is 4.74 Å². The van der Waals surface area contributed by atoms with Gasteiger partial charge in [-0.15, -0.1) is 0 Å². The summed E-state index contributed by atoms with van der Waals surface area (Å²) in [7, 11) is 0. The first kappa shape index (κ1) is 11.2. The monoisotopic (exact) mass is 304 g/mol. The summed E-state index contributed by atoms with van der Waals surface area (Å²) >= 11 is 3.39. The largest absolute Gasteiger partial charge is 0.486 e. The van der Waals surface area contributed by atoms with Crippen LogP contribution < -0.4 is 9.14 Å². The summed E-state index contributed by atoms with van der Waals surface area (Å²) in [6.45, 7) is 0.491. The molecule has 2 heterocycles. The lowest BCUT2D eigenvalue weighted by molar-refractivity contribution is -0.513. The third kappa shape index (κ3) is 2.36. The molecule has 0 spiro atoms. The summed E-state index contributed by atoms with van der Waals surface area (Å²) in [5, 5.41) is 0. The number of hydrogen-bond acceptors (Lipinski definition) is 2. The van der Waals surface area contributed by atoms with Crippen molar-refractivity contribution < 1.29 is 9.14 Å². The van der Waals surface area contributed by atoms with Gasteiger partial charge in [-0.25, -0.2) is 9.38 Å². The average Bonchev–Trinajstić information content (AvgIpc) is 2.81. The number of nitrogens with zero attached hydrogens (tertiary/aromatic N) is 2. The smallest absolute Gasteiger partial charge is 0.401 e.